The molecule has 0 aliphatic carbocycles. The highest BCUT2D eigenvalue weighted by Gasteiger charge is 2.08. The van der Waals surface area contributed by atoms with Crippen LogP contribution in [0.4, 0.5) is 0 Å². The summed E-state index contributed by atoms with van der Waals surface area (Å²) in [6, 6.07) is 7.20. The number of aromatic nitrogens is 2. The summed E-state index contributed by atoms with van der Waals surface area (Å²) >= 11 is 1.43. The zero-order valence-electron chi connectivity index (χ0n) is 12.9. The van der Waals surface area contributed by atoms with Crippen LogP contribution in [-0.4, -0.2) is 23.1 Å². The van der Waals surface area contributed by atoms with Crippen molar-refractivity contribution in [3.63, 3.8) is 0 Å². The fourth-order valence-electron chi connectivity index (χ4n) is 2.27. The zero-order valence-corrected chi connectivity index (χ0v) is 13.7. The Kier molecular flexibility index (Phi) is 4.43. The molecule has 3 aromatic rings. The van der Waals surface area contributed by atoms with Gasteiger partial charge in [0.15, 0.2) is 16.5 Å². The second-order valence-corrected chi connectivity index (χ2v) is 5.59. The summed E-state index contributed by atoms with van der Waals surface area (Å²) in [5.74, 6) is 1.36. The molecule has 0 spiro atoms. The third-order valence-electron chi connectivity index (χ3n) is 3.27. The van der Waals surface area contributed by atoms with Gasteiger partial charge in [0.2, 0.25) is 0 Å². The summed E-state index contributed by atoms with van der Waals surface area (Å²) in [5.41, 5.74) is 1.39. The van der Waals surface area contributed by atoms with E-state index in [2.05, 4.69) is 4.98 Å². The highest BCUT2D eigenvalue weighted by Crippen LogP contribution is 2.32. The molecule has 0 N–H and O–H groups in total. The van der Waals surface area contributed by atoms with E-state index in [0.717, 1.165) is 5.56 Å². The van der Waals surface area contributed by atoms with Crippen LogP contribution in [0, 0.1) is 0 Å². The standard InChI is InChI=1S/C17H16N2O3S/c1-3-22-14-6-4-5-12(16(14)21-2)7-8-13-11-15(20)19-9-10-23-17(19)18-13/h4-11H,3H2,1-2H3. The Morgan fingerprint density at radius 3 is 3.00 bits per heavy atom. The predicted molar refractivity (Wildman–Crippen MR) is 92.4 cm³/mol. The summed E-state index contributed by atoms with van der Waals surface area (Å²) in [4.78, 5) is 17.1. The van der Waals surface area contributed by atoms with Gasteiger partial charge in [-0.05, 0) is 25.1 Å². The fourth-order valence-corrected chi connectivity index (χ4v) is 3.00. The van der Waals surface area contributed by atoms with Crippen LogP contribution in [-0.2, 0) is 0 Å². The molecule has 0 radical (unpaired) electrons. The Hall–Kier alpha value is -2.60. The van der Waals surface area contributed by atoms with Gasteiger partial charge in [-0.1, -0.05) is 12.1 Å². The van der Waals surface area contributed by atoms with Gasteiger partial charge in [0.05, 0.1) is 19.4 Å². The Labute approximate surface area is 137 Å². The van der Waals surface area contributed by atoms with Crippen molar-refractivity contribution < 1.29 is 9.47 Å². The van der Waals surface area contributed by atoms with Crippen LogP contribution in [0.3, 0.4) is 0 Å². The molecule has 0 atom stereocenters. The first kappa shape index (κ1) is 15.3. The van der Waals surface area contributed by atoms with Crippen LogP contribution in [0.15, 0.2) is 40.6 Å². The van der Waals surface area contributed by atoms with Crippen molar-refractivity contribution in [1.29, 1.82) is 0 Å². The quantitative estimate of drug-likeness (QED) is 0.721. The number of hydrogen-bond donors (Lipinski definition) is 0. The molecule has 0 fully saturated rings. The Balaban J connectivity index is 1.98. The first-order valence-corrected chi connectivity index (χ1v) is 8.05. The first-order chi connectivity index (χ1) is 11.2. The number of ether oxygens (including phenoxy) is 2. The number of benzene rings is 1. The van der Waals surface area contributed by atoms with Gasteiger partial charge in [0, 0.05) is 23.2 Å². The lowest BCUT2D eigenvalue weighted by Crippen LogP contribution is -2.11. The molecule has 0 unspecified atom stereocenters. The van der Waals surface area contributed by atoms with Crippen LogP contribution in [0.25, 0.3) is 17.1 Å². The SMILES string of the molecule is CCOc1cccc(C=Cc2cc(=O)n3ccsc3n2)c1OC. The molecule has 0 bridgehead atoms. The normalized spacial score (nSPS) is 11.2. The Morgan fingerprint density at radius 1 is 1.35 bits per heavy atom. The van der Waals surface area contributed by atoms with Crippen molar-refractivity contribution in [3.8, 4) is 11.5 Å². The second kappa shape index (κ2) is 6.66. The van der Waals surface area contributed by atoms with Crippen LogP contribution >= 0.6 is 11.3 Å². The van der Waals surface area contributed by atoms with Crippen molar-refractivity contribution >= 4 is 28.4 Å². The molecule has 23 heavy (non-hydrogen) atoms. The van der Waals surface area contributed by atoms with Crippen LogP contribution in [0.1, 0.15) is 18.2 Å². The van der Waals surface area contributed by atoms with Crippen LogP contribution < -0.4 is 15.0 Å². The van der Waals surface area contributed by atoms with E-state index in [0.29, 0.717) is 28.8 Å². The number of fused-ring (bicyclic) bond motifs is 1. The molecule has 6 heteroatoms. The maximum Gasteiger partial charge on any atom is 0.259 e. The average molecular weight is 328 g/mol. The molecule has 0 saturated carbocycles. The van der Waals surface area contributed by atoms with E-state index in [1.165, 1.54) is 21.8 Å². The maximum atomic E-state index is 12.0. The fraction of sp³-hybridized carbons (Fsp3) is 0.176. The number of methoxy groups -OCH3 is 1. The van der Waals surface area contributed by atoms with E-state index in [4.69, 9.17) is 9.47 Å². The van der Waals surface area contributed by atoms with Crippen molar-refractivity contribution in [1.82, 2.24) is 9.38 Å². The smallest absolute Gasteiger partial charge is 0.259 e. The minimum atomic E-state index is -0.0917. The molecule has 5 nitrogen and oxygen atoms in total. The molecule has 0 aliphatic rings. The molecule has 1 aromatic carbocycles. The molecule has 0 aliphatic heterocycles. The summed E-state index contributed by atoms with van der Waals surface area (Å²) in [6.45, 7) is 2.49. The molecule has 0 saturated heterocycles. The van der Waals surface area contributed by atoms with Gasteiger partial charge < -0.3 is 9.47 Å². The van der Waals surface area contributed by atoms with Crippen LogP contribution in [0.5, 0.6) is 11.5 Å². The van der Waals surface area contributed by atoms with Crippen LogP contribution in [0.2, 0.25) is 0 Å². The molecule has 3 rings (SSSR count). The topological polar surface area (TPSA) is 52.8 Å². The van der Waals surface area contributed by atoms with Crippen molar-refractivity contribution in [3.05, 3.63) is 57.5 Å². The highest BCUT2D eigenvalue weighted by atomic mass is 32.1. The minimum Gasteiger partial charge on any atom is -0.492 e. The number of thiazole rings is 1. The molecule has 0 amide bonds. The second-order valence-electron chi connectivity index (χ2n) is 4.72. The monoisotopic (exact) mass is 328 g/mol. The minimum absolute atomic E-state index is 0.0917. The summed E-state index contributed by atoms with van der Waals surface area (Å²) in [5, 5.41) is 1.84. The van der Waals surface area contributed by atoms with E-state index in [-0.39, 0.29) is 5.56 Å². The van der Waals surface area contributed by atoms with Gasteiger partial charge in [-0.3, -0.25) is 9.20 Å². The van der Waals surface area contributed by atoms with E-state index >= 15 is 0 Å². The van der Waals surface area contributed by atoms with Crippen molar-refractivity contribution in [2.75, 3.05) is 13.7 Å². The van der Waals surface area contributed by atoms with Gasteiger partial charge in [-0.15, -0.1) is 11.3 Å². The number of nitrogens with zero attached hydrogens (tertiary/aromatic N) is 2. The Bertz CT molecular complexity index is 912. The van der Waals surface area contributed by atoms with Crippen molar-refractivity contribution in [2.45, 2.75) is 6.92 Å². The zero-order chi connectivity index (χ0) is 16.2. The lowest BCUT2D eigenvalue weighted by Gasteiger charge is -2.11. The molecule has 2 aromatic heterocycles. The van der Waals surface area contributed by atoms with E-state index in [1.54, 1.807) is 19.4 Å². The van der Waals surface area contributed by atoms with E-state index in [9.17, 15) is 4.79 Å². The molecule has 118 valence electrons. The largest absolute Gasteiger partial charge is 0.492 e. The molecule has 2 heterocycles. The lowest BCUT2D eigenvalue weighted by atomic mass is 10.1. The third-order valence-corrected chi connectivity index (χ3v) is 4.03. The summed E-state index contributed by atoms with van der Waals surface area (Å²) < 4.78 is 12.5. The van der Waals surface area contributed by atoms with Gasteiger partial charge >= 0.3 is 0 Å². The van der Waals surface area contributed by atoms with Gasteiger partial charge in [0.25, 0.3) is 5.56 Å². The predicted octanol–water partition coefficient (Wildman–Crippen LogP) is 3.33. The average Bonchev–Trinajstić information content (AvgIpc) is 3.02. The lowest BCUT2D eigenvalue weighted by molar-refractivity contribution is 0.310. The number of para-hydroxylation sites is 1. The van der Waals surface area contributed by atoms with Crippen molar-refractivity contribution in [2.24, 2.45) is 0 Å². The summed E-state index contributed by atoms with van der Waals surface area (Å²) in [7, 11) is 1.61. The van der Waals surface area contributed by atoms with Gasteiger partial charge in [0.1, 0.15) is 0 Å². The summed E-state index contributed by atoms with van der Waals surface area (Å²) in [6.07, 6.45) is 5.39. The van der Waals surface area contributed by atoms with Gasteiger partial charge in [-0.2, -0.15) is 0 Å². The first-order valence-electron chi connectivity index (χ1n) is 7.17. The maximum absolute atomic E-state index is 12.0. The van der Waals surface area contributed by atoms with E-state index in [1.807, 2.05) is 36.6 Å². The van der Waals surface area contributed by atoms with Gasteiger partial charge in [-0.25, -0.2) is 4.98 Å². The number of hydrogen-bond acceptors (Lipinski definition) is 5. The molecular formula is C17H16N2O3S. The third kappa shape index (κ3) is 3.12. The van der Waals surface area contributed by atoms with E-state index < -0.39 is 0 Å². The number of rotatable bonds is 5. The molecular weight excluding hydrogens is 312 g/mol. The Morgan fingerprint density at radius 2 is 2.22 bits per heavy atom. The highest BCUT2D eigenvalue weighted by molar-refractivity contribution is 7.15.